The molecule has 3 aromatic rings. The highest BCUT2D eigenvalue weighted by Gasteiger charge is 2.09. The van der Waals surface area contributed by atoms with Crippen molar-refractivity contribution in [2.24, 2.45) is 0 Å². The van der Waals surface area contributed by atoms with E-state index in [0.29, 0.717) is 11.3 Å². The zero-order chi connectivity index (χ0) is 21.7. The van der Waals surface area contributed by atoms with E-state index in [1.807, 2.05) is 70.2 Å². The Morgan fingerprint density at radius 1 is 0.733 bits per heavy atom. The van der Waals surface area contributed by atoms with Gasteiger partial charge in [0.25, 0.3) is 5.91 Å². The molecule has 5 heteroatoms. The first-order valence-electron chi connectivity index (χ1n) is 9.91. The van der Waals surface area contributed by atoms with Crippen molar-refractivity contribution in [2.75, 3.05) is 22.5 Å². The van der Waals surface area contributed by atoms with Crippen LogP contribution in [0.5, 0.6) is 0 Å². The molecule has 5 nitrogen and oxygen atoms in total. The molecule has 0 aliphatic heterocycles. The highest BCUT2D eigenvalue weighted by Crippen LogP contribution is 2.22. The van der Waals surface area contributed by atoms with E-state index in [9.17, 15) is 9.59 Å². The summed E-state index contributed by atoms with van der Waals surface area (Å²) in [5.41, 5.74) is 7.30. The van der Waals surface area contributed by atoms with E-state index < -0.39 is 0 Å². The third-order valence-corrected chi connectivity index (χ3v) is 4.82. The number of hydrogen-bond acceptors (Lipinski definition) is 3. The second kappa shape index (κ2) is 9.27. The second-order valence-electron chi connectivity index (χ2n) is 7.58. The van der Waals surface area contributed by atoms with Crippen LogP contribution in [0.25, 0.3) is 0 Å². The van der Waals surface area contributed by atoms with E-state index in [2.05, 4.69) is 28.1 Å². The van der Waals surface area contributed by atoms with E-state index in [-0.39, 0.29) is 18.4 Å². The first kappa shape index (κ1) is 21.1. The average Bonchev–Trinajstić information content (AvgIpc) is 2.70. The van der Waals surface area contributed by atoms with Crippen molar-refractivity contribution in [1.82, 2.24) is 0 Å². The van der Waals surface area contributed by atoms with Crippen LogP contribution in [-0.4, -0.2) is 18.4 Å². The normalized spacial score (nSPS) is 10.4. The lowest BCUT2D eigenvalue weighted by molar-refractivity contribution is -0.114. The largest absolute Gasteiger partial charge is 0.376 e. The first-order chi connectivity index (χ1) is 14.3. The van der Waals surface area contributed by atoms with Gasteiger partial charge in [-0.2, -0.15) is 0 Å². The van der Waals surface area contributed by atoms with Gasteiger partial charge in [-0.05, 0) is 75.2 Å². The summed E-state index contributed by atoms with van der Waals surface area (Å²) in [5.74, 6) is -0.260. The quantitative estimate of drug-likeness (QED) is 0.530. The number of carbonyl (C=O) groups excluding carboxylic acids is 2. The summed E-state index contributed by atoms with van der Waals surface area (Å²) in [7, 11) is 0. The average molecular weight is 402 g/mol. The monoisotopic (exact) mass is 401 g/mol. The van der Waals surface area contributed by atoms with Crippen molar-refractivity contribution >= 4 is 28.9 Å². The van der Waals surface area contributed by atoms with Crippen LogP contribution in [0.1, 0.15) is 32.6 Å². The van der Waals surface area contributed by atoms with Crippen LogP contribution in [0.4, 0.5) is 17.1 Å². The molecule has 0 bridgehead atoms. The van der Waals surface area contributed by atoms with Crippen molar-refractivity contribution in [3.05, 3.63) is 88.5 Å². The predicted molar refractivity (Wildman–Crippen MR) is 123 cm³/mol. The van der Waals surface area contributed by atoms with Crippen molar-refractivity contribution in [3.63, 3.8) is 0 Å². The fraction of sp³-hybridized carbons (Fsp3) is 0.200. The molecule has 2 amide bonds. The predicted octanol–water partition coefficient (Wildman–Crippen LogP) is 5.22. The van der Waals surface area contributed by atoms with Gasteiger partial charge in [0.05, 0.1) is 6.54 Å². The van der Waals surface area contributed by atoms with Gasteiger partial charge < -0.3 is 16.0 Å². The molecule has 0 unspecified atom stereocenters. The molecular formula is C25H27N3O2. The molecule has 0 aliphatic carbocycles. The minimum absolute atomic E-state index is 0.109. The van der Waals surface area contributed by atoms with Crippen LogP contribution in [0.2, 0.25) is 0 Å². The summed E-state index contributed by atoms with van der Waals surface area (Å²) in [6, 6.07) is 18.8. The molecule has 0 fully saturated rings. The Bertz CT molecular complexity index is 1050. The number of hydrogen-bond donors (Lipinski definition) is 3. The van der Waals surface area contributed by atoms with Gasteiger partial charge in [0.15, 0.2) is 0 Å². The Labute approximate surface area is 177 Å². The van der Waals surface area contributed by atoms with Gasteiger partial charge in [0.1, 0.15) is 0 Å². The molecule has 0 radical (unpaired) electrons. The Balaban J connectivity index is 1.54. The zero-order valence-electron chi connectivity index (χ0n) is 17.8. The number of anilines is 3. The van der Waals surface area contributed by atoms with Crippen LogP contribution in [0.15, 0.2) is 60.7 Å². The summed E-state index contributed by atoms with van der Waals surface area (Å²) < 4.78 is 0. The minimum atomic E-state index is -0.150. The smallest absolute Gasteiger partial charge is 0.255 e. The summed E-state index contributed by atoms with van der Waals surface area (Å²) in [5, 5.41) is 8.97. The molecule has 3 aromatic carbocycles. The fourth-order valence-corrected chi connectivity index (χ4v) is 3.40. The number of rotatable bonds is 6. The lowest BCUT2D eigenvalue weighted by Crippen LogP contribution is -2.22. The Kier molecular flexibility index (Phi) is 6.52. The molecule has 0 saturated heterocycles. The van der Waals surface area contributed by atoms with Crippen LogP contribution in [0, 0.1) is 27.7 Å². The molecule has 3 rings (SSSR count). The lowest BCUT2D eigenvalue weighted by Gasteiger charge is -2.14. The number of nitrogens with one attached hydrogen (secondary N) is 3. The lowest BCUT2D eigenvalue weighted by atomic mass is 10.1. The summed E-state index contributed by atoms with van der Waals surface area (Å²) >= 11 is 0. The molecule has 0 heterocycles. The van der Waals surface area contributed by atoms with Crippen molar-refractivity contribution in [1.29, 1.82) is 0 Å². The van der Waals surface area contributed by atoms with Gasteiger partial charge in [0.2, 0.25) is 5.91 Å². The van der Waals surface area contributed by atoms with E-state index in [1.165, 1.54) is 5.56 Å². The number of amides is 2. The molecule has 0 spiro atoms. The van der Waals surface area contributed by atoms with E-state index in [4.69, 9.17) is 0 Å². The van der Waals surface area contributed by atoms with E-state index in [0.717, 1.165) is 28.1 Å². The van der Waals surface area contributed by atoms with Gasteiger partial charge in [-0.25, -0.2) is 0 Å². The summed E-state index contributed by atoms with van der Waals surface area (Å²) in [6.07, 6.45) is 0. The van der Waals surface area contributed by atoms with Gasteiger partial charge in [0, 0.05) is 22.6 Å². The summed E-state index contributed by atoms with van der Waals surface area (Å²) in [6.45, 7) is 8.14. The van der Waals surface area contributed by atoms with Crippen LogP contribution in [0.3, 0.4) is 0 Å². The maximum Gasteiger partial charge on any atom is 0.255 e. The Morgan fingerprint density at radius 2 is 1.37 bits per heavy atom. The number of carbonyl (C=O) groups is 2. The molecular weight excluding hydrogens is 374 g/mol. The van der Waals surface area contributed by atoms with Crippen molar-refractivity contribution < 1.29 is 9.59 Å². The third-order valence-electron chi connectivity index (χ3n) is 4.82. The van der Waals surface area contributed by atoms with Crippen molar-refractivity contribution in [3.8, 4) is 0 Å². The van der Waals surface area contributed by atoms with Crippen LogP contribution in [-0.2, 0) is 4.79 Å². The maximum absolute atomic E-state index is 12.3. The molecule has 0 atom stereocenters. The number of benzene rings is 3. The molecule has 30 heavy (non-hydrogen) atoms. The van der Waals surface area contributed by atoms with Gasteiger partial charge >= 0.3 is 0 Å². The van der Waals surface area contributed by atoms with E-state index in [1.54, 1.807) is 6.07 Å². The Morgan fingerprint density at radius 3 is 2.00 bits per heavy atom. The molecule has 154 valence electrons. The first-order valence-corrected chi connectivity index (χ1v) is 9.91. The van der Waals surface area contributed by atoms with E-state index >= 15 is 0 Å². The van der Waals surface area contributed by atoms with Gasteiger partial charge in [-0.15, -0.1) is 0 Å². The highest BCUT2D eigenvalue weighted by molar-refractivity contribution is 6.04. The molecule has 0 aromatic heterocycles. The standard InChI is InChI=1S/C25H27N3O2/c1-16-6-5-7-20(14-16)25(30)27-22-10-8-21(9-11-22)26-15-23(29)28-24-18(3)12-17(2)13-19(24)4/h5-14,26H,15H2,1-4H3,(H,27,30)(H,28,29). The molecule has 3 N–H and O–H groups in total. The SMILES string of the molecule is Cc1cccc(C(=O)Nc2ccc(NCC(=O)Nc3c(C)cc(C)cc3C)cc2)c1. The maximum atomic E-state index is 12.3. The topological polar surface area (TPSA) is 70.2 Å². The molecule has 0 aliphatic rings. The minimum Gasteiger partial charge on any atom is -0.376 e. The number of aryl methyl sites for hydroxylation is 4. The van der Waals surface area contributed by atoms with Crippen LogP contribution < -0.4 is 16.0 Å². The van der Waals surface area contributed by atoms with Gasteiger partial charge in [-0.1, -0.05) is 35.4 Å². The molecule has 0 saturated carbocycles. The van der Waals surface area contributed by atoms with Gasteiger partial charge in [-0.3, -0.25) is 9.59 Å². The Hall–Kier alpha value is -3.60. The third kappa shape index (κ3) is 5.47. The summed E-state index contributed by atoms with van der Waals surface area (Å²) in [4.78, 5) is 24.7. The highest BCUT2D eigenvalue weighted by atomic mass is 16.2. The fourth-order valence-electron chi connectivity index (χ4n) is 3.40. The second-order valence-corrected chi connectivity index (χ2v) is 7.58. The van der Waals surface area contributed by atoms with Crippen LogP contribution >= 0.6 is 0 Å². The van der Waals surface area contributed by atoms with Crippen molar-refractivity contribution in [2.45, 2.75) is 27.7 Å². The zero-order valence-corrected chi connectivity index (χ0v) is 17.8.